The molecular weight excluding hydrogens is 229 g/mol. The zero-order valence-electron chi connectivity index (χ0n) is 12.0. The molecule has 2 nitrogen and oxygen atoms in total. The van der Waals surface area contributed by atoms with Crippen LogP contribution in [0.15, 0.2) is 12.1 Å². The number of aliphatic hydroxyl groups excluding tert-OH is 1. The van der Waals surface area contributed by atoms with Crippen molar-refractivity contribution < 1.29 is 9.50 Å². The minimum absolute atomic E-state index is 0.255. The smallest absolute Gasteiger partial charge is 0.126 e. The minimum Gasteiger partial charge on any atom is -0.389 e. The lowest BCUT2D eigenvalue weighted by atomic mass is 10.0. The van der Waals surface area contributed by atoms with Crippen molar-refractivity contribution in [3.8, 4) is 0 Å². The van der Waals surface area contributed by atoms with Crippen LogP contribution in [0.3, 0.4) is 0 Å². The highest BCUT2D eigenvalue weighted by molar-refractivity contribution is 5.57. The van der Waals surface area contributed by atoms with Crippen molar-refractivity contribution >= 4 is 5.69 Å². The van der Waals surface area contributed by atoms with E-state index in [1.54, 1.807) is 13.8 Å². The van der Waals surface area contributed by atoms with Crippen molar-refractivity contribution in [2.45, 2.75) is 53.2 Å². The summed E-state index contributed by atoms with van der Waals surface area (Å²) in [5.74, 6) is -0.255. The molecule has 0 amide bonds. The zero-order chi connectivity index (χ0) is 13.9. The van der Waals surface area contributed by atoms with E-state index in [1.807, 2.05) is 6.07 Å². The summed E-state index contributed by atoms with van der Waals surface area (Å²) < 4.78 is 13.6. The Morgan fingerprint density at radius 3 is 2.33 bits per heavy atom. The maximum atomic E-state index is 13.6. The third-order valence-electron chi connectivity index (χ3n) is 3.53. The standard InChI is InChI=1S/C15H24FNO/c1-6-11(4)17(7-2)15-8-10(3)14(16)9-13(15)12(5)18/h8-9,11-12,18H,6-7H2,1-5H3/t11?,12-/m0/s1. The quantitative estimate of drug-likeness (QED) is 0.862. The molecule has 3 heteroatoms. The fourth-order valence-electron chi connectivity index (χ4n) is 2.20. The number of halogens is 1. The maximum Gasteiger partial charge on any atom is 0.126 e. The van der Waals surface area contributed by atoms with E-state index in [-0.39, 0.29) is 5.82 Å². The van der Waals surface area contributed by atoms with Crippen LogP contribution in [0, 0.1) is 12.7 Å². The van der Waals surface area contributed by atoms with Crippen LogP contribution in [0.1, 0.15) is 51.3 Å². The van der Waals surface area contributed by atoms with Gasteiger partial charge in [-0.05, 0) is 51.8 Å². The Balaban J connectivity index is 3.31. The lowest BCUT2D eigenvalue weighted by molar-refractivity contribution is 0.199. The van der Waals surface area contributed by atoms with Gasteiger partial charge in [-0.1, -0.05) is 6.92 Å². The molecule has 2 atom stereocenters. The lowest BCUT2D eigenvalue weighted by Crippen LogP contribution is -2.33. The van der Waals surface area contributed by atoms with Gasteiger partial charge in [0.25, 0.3) is 0 Å². The highest BCUT2D eigenvalue weighted by Gasteiger charge is 2.19. The summed E-state index contributed by atoms with van der Waals surface area (Å²) in [5, 5.41) is 9.83. The highest BCUT2D eigenvalue weighted by Crippen LogP contribution is 2.31. The predicted molar refractivity (Wildman–Crippen MR) is 74.5 cm³/mol. The number of rotatable bonds is 5. The number of benzene rings is 1. The molecular formula is C15H24FNO. The molecule has 102 valence electrons. The van der Waals surface area contributed by atoms with Gasteiger partial charge in [0.2, 0.25) is 0 Å². The summed E-state index contributed by atoms with van der Waals surface area (Å²) in [5.41, 5.74) is 2.23. The molecule has 0 aromatic heterocycles. The Labute approximate surface area is 109 Å². The van der Waals surface area contributed by atoms with Gasteiger partial charge < -0.3 is 10.0 Å². The Hall–Kier alpha value is -1.09. The number of hydrogen-bond acceptors (Lipinski definition) is 2. The third kappa shape index (κ3) is 3.02. The average molecular weight is 253 g/mol. The molecule has 1 aromatic carbocycles. The molecule has 0 saturated carbocycles. The molecule has 1 unspecified atom stereocenters. The molecule has 0 aliphatic carbocycles. The molecule has 0 saturated heterocycles. The molecule has 0 spiro atoms. The van der Waals surface area contributed by atoms with Gasteiger partial charge in [0.1, 0.15) is 5.82 Å². The minimum atomic E-state index is -0.659. The molecule has 0 aliphatic rings. The van der Waals surface area contributed by atoms with Crippen molar-refractivity contribution in [1.29, 1.82) is 0 Å². The van der Waals surface area contributed by atoms with E-state index in [1.165, 1.54) is 6.07 Å². The van der Waals surface area contributed by atoms with E-state index < -0.39 is 6.10 Å². The van der Waals surface area contributed by atoms with Crippen molar-refractivity contribution in [2.75, 3.05) is 11.4 Å². The topological polar surface area (TPSA) is 23.5 Å². The molecule has 1 N–H and O–H groups in total. The van der Waals surface area contributed by atoms with Gasteiger partial charge >= 0.3 is 0 Å². The van der Waals surface area contributed by atoms with Crippen molar-refractivity contribution in [3.63, 3.8) is 0 Å². The van der Waals surface area contributed by atoms with Gasteiger partial charge in [0.05, 0.1) is 6.10 Å². The largest absolute Gasteiger partial charge is 0.389 e. The van der Waals surface area contributed by atoms with Crippen molar-refractivity contribution in [2.24, 2.45) is 0 Å². The molecule has 0 radical (unpaired) electrons. The van der Waals surface area contributed by atoms with Crippen LogP contribution >= 0.6 is 0 Å². The monoisotopic (exact) mass is 253 g/mol. The van der Waals surface area contributed by atoms with Gasteiger partial charge in [0, 0.05) is 23.8 Å². The van der Waals surface area contributed by atoms with E-state index in [9.17, 15) is 9.50 Å². The SMILES string of the molecule is CCC(C)N(CC)c1cc(C)c(F)cc1[C@H](C)O. The summed E-state index contributed by atoms with van der Waals surface area (Å²) in [6, 6.07) is 3.67. The highest BCUT2D eigenvalue weighted by atomic mass is 19.1. The van der Waals surface area contributed by atoms with Crippen molar-refractivity contribution in [3.05, 3.63) is 29.1 Å². The normalized spacial score (nSPS) is 14.4. The van der Waals surface area contributed by atoms with Gasteiger partial charge in [-0.25, -0.2) is 4.39 Å². The summed E-state index contributed by atoms with van der Waals surface area (Å²) in [7, 11) is 0. The molecule has 0 aliphatic heterocycles. The Kier molecular flexibility index (Phi) is 5.15. The second kappa shape index (κ2) is 6.19. The Morgan fingerprint density at radius 2 is 1.89 bits per heavy atom. The first kappa shape index (κ1) is 15.0. The van der Waals surface area contributed by atoms with Crippen LogP contribution in [0.4, 0.5) is 10.1 Å². The van der Waals surface area contributed by atoms with Crippen LogP contribution < -0.4 is 4.90 Å². The first-order valence-electron chi connectivity index (χ1n) is 6.67. The van der Waals surface area contributed by atoms with Crippen molar-refractivity contribution in [1.82, 2.24) is 0 Å². The molecule has 0 fully saturated rings. The molecule has 1 rings (SSSR count). The fraction of sp³-hybridized carbons (Fsp3) is 0.600. The third-order valence-corrected chi connectivity index (χ3v) is 3.53. The van der Waals surface area contributed by atoms with Crippen LogP contribution in [-0.4, -0.2) is 17.7 Å². The van der Waals surface area contributed by atoms with E-state index in [0.717, 1.165) is 18.7 Å². The second-order valence-corrected chi connectivity index (χ2v) is 4.88. The summed E-state index contributed by atoms with van der Waals surface area (Å²) in [4.78, 5) is 2.22. The predicted octanol–water partition coefficient (Wildman–Crippen LogP) is 3.81. The summed E-state index contributed by atoms with van der Waals surface area (Å²) >= 11 is 0. The Morgan fingerprint density at radius 1 is 1.28 bits per heavy atom. The second-order valence-electron chi connectivity index (χ2n) is 4.88. The van der Waals surface area contributed by atoms with E-state index in [2.05, 4.69) is 25.7 Å². The van der Waals surface area contributed by atoms with E-state index in [4.69, 9.17) is 0 Å². The maximum absolute atomic E-state index is 13.6. The Bertz CT molecular complexity index is 404. The first-order valence-corrected chi connectivity index (χ1v) is 6.67. The first-order chi connectivity index (χ1) is 8.42. The van der Waals surface area contributed by atoms with Gasteiger partial charge in [0.15, 0.2) is 0 Å². The van der Waals surface area contributed by atoms with Crippen LogP contribution in [0.5, 0.6) is 0 Å². The van der Waals surface area contributed by atoms with Gasteiger partial charge in [-0.15, -0.1) is 0 Å². The number of hydrogen-bond donors (Lipinski definition) is 1. The lowest BCUT2D eigenvalue weighted by Gasteiger charge is -2.32. The molecule has 0 bridgehead atoms. The number of aliphatic hydroxyl groups is 1. The summed E-state index contributed by atoms with van der Waals surface area (Å²) in [6.07, 6.45) is 0.358. The van der Waals surface area contributed by atoms with Gasteiger partial charge in [-0.2, -0.15) is 0 Å². The van der Waals surface area contributed by atoms with Gasteiger partial charge in [-0.3, -0.25) is 0 Å². The number of aryl methyl sites for hydroxylation is 1. The molecule has 0 heterocycles. The fourth-order valence-corrected chi connectivity index (χ4v) is 2.20. The van der Waals surface area contributed by atoms with E-state index in [0.29, 0.717) is 17.2 Å². The molecule has 18 heavy (non-hydrogen) atoms. The van der Waals surface area contributed by atoms with Crippen LogP contribution in [-0.2, 0) is 0 Å². The molecule has 1 aromatic rings. The van der Waals surface area contributed by atoms with Crippen LogP contribution in [0.2, 0.25) is 0 Å². The summed E-state index contributed by atoms with van der Waals surface area (Å²) in [6.45, 7) is 10.6. The zero-order valence-corrected chi connectivity index (χ0v) is 12.0. The average Bonchev–Trinajstić information content (AvgIpc) is 2.33. The van der Waals surface area contributed by atoms with E-state index >= 15 is 0 Å². The number of nitrogens with zero attached hydrogens (tertiary/aromatic N) is 1. The number of anilines is 1. The van der Waals surface area contributed by atoms with Crippen LogP contribution in [0.25, 0.3) is 0 Å².